The number of nitrogens with one attached hydrogen (secondary N) is 11. The number of rotatable bonds is 17. The SMILES string of the molecule is C/C=C\c1ccccc1/C=C/C(=O)N[C@@H]1C(=O)N[C@@H](C)C(=O)N[C@@H](C(C)C(=O)O)C(=O)NCC(=O)N[C@H](C(O)c2ccccc2)C(=O)N2CCC[C@H]2C(=O)N[C@H](C(O)c2ccc(OC)cc2)C(=O)N[C@@H](Cc2c[nH]c3ccccc23)C(=O)NC(O)C(=O)N[C@@H](CC(C)C)C(=O)N[C@@H](C(O)C(C)C)C(=O)O[C@@H]1C. The van der Waals surface area contributed by atoms with Crippen molar-refractivity contribution in [3.05, 3.63) is 149 Å². The van der Waals surface area contributed by atoms with Crippen LogP contribution in [0.3, 0.4) is 0 Å². The molecule has 7 rings (SSSR count). The lowest BCUT2D eigenvalue weighted by Gasteiger charge is -2.33. The number of hydrogen-bond acceptors (Lipinski definition) is 19. The van der Waals surface area contributed by atoms with Gasteiger partial charge in [-0.3, -0.25) is 57.5 Å². The monoisotopic (exact) mass is 1480 g/mol. The molecule has 2 saturated heterocycles. The topological polar surface area (TPSA) is 481 Å². The Morgan fingerprint density at radius 1 is 0.636 bits per heavy atom. The minimum atomic E-state index is -2.52. The summed E-state index contributed by atoms with van der Waals surface area (Å²) in [4.78, 5) is 191. The van der Waals surface area contributed by atoms with Crippen molar-refractivity contribution in [2.24, 2.45) is 17.8 Å². The van der Waals surface area contributed by atoms with E-state index in [4.69, 9.17) is 9.47 Å². The lowest BCUT2D eigenvalue weighted by Crippen LogP contribution is -2.62. The lowest BCUT2D eigenvalue weighted by atomic mass is 9.97. The molecule has 2 aliphatic heterocycles. The Labute approximate surface area is 617 Å². The Hall–Kier alpha value is -11.4. The van der Waals surface area contributed by atoms with Gasteiger partial charge >= 0.3 is 11.9 Å². The van der Waals surface area contributed by atoms with Gasteiger partial charge < -0.3 is 98.1 Å². The van der Waals surface area contributed by atoms with Crippen molar-refractivity contribution >= 4 is 100.0 Å². The number of para-hydroxylation sites is 1. The number of cyclic esters (lactones) is 1. The van der Waals surface area contributed by atoms with Crippen LogP contribution in [0.5, 0.6) is 5.75 Å². The number of carbonyl (C=O) groups excluding carboxylic acids is 12. The molecule has 3 heterocycles. The van der Waals surface area contributed by atoms with E-state index >= 15 is 9.59 Å². The normalized spacial score (nSPS) is 24.8. The van der Waals surface area contributed by atoms with E-state index < -0.39 is 193 Å². The molecule has 1 aromatic heterocycles. The van der Waals surface area contributed by atoms with E-state index in [1.807, 2.05) is 0 Å². The van der Waals surface area contributed by atoms with E-state index in [1.165, 1.54) is 81.8 Å². The minimum Gasteiger partial charge on any atom is -0.497 e. The van der Waals surface area contributed by atoms with Gasteiger partial charge in [-0.25, -0.2) is 4.79 Å². The van der Waals surface area contributed by atoms with E-state index in [2.05, 4.69) is 58.2 Å². The quantitative estimate of drug-likeness (QED) is 0.0434. The van der Waals surface area contributed by atoms with Gasteiger partial charge in [0.1, 0.15) is 72.4 Å². The smallest absolute Gasteiger partial charge is 0.331 e. The first-order chi connectivity index (χ1) is 50.8. The maximum Gasteiger partial charge on any atom is 0.331 e. The highest BCUT2D eigenvalue weighted by atomic mass is 16.5. The van der Waals surface area contributed by atoms with Crippen LogP contribution in [0.1, 0.15) is 115 Å². The third kappa shape index (κ3) is 22.4. The number of aromatic nitrogens is 1. The van der Waals surface area contributed by atoms with E-state index in [-0.39, 0.29) is 36.9 Å². The number of aliphatic hydroxyl groups is 4. The van der Waals surface area contributed by atoms with Gasteiger partial charge in [-0.15, -0.1) is 0 Å². The van der Waals surface area contributed by atoms with Crippen molar-refractivity contribution < 1.29 is 97.3 Å². The number of aliphatic hydroxyl groups excluding tert-OH is 4. The van der Waals surface area contributed by atoms with E-state index in [1.54, 1.807) is 87.5 Å². The highest BCUT2D eigenvalue weighted by Crippen LogP contribution is 2.28. The number of methoxy groups -OCH3 is 1. The summed E-state index contributed by atoms with van der Waals surface area (Å²) in [6.45, 7) is 10.1. The van der Waals surface area contributed by atoms with Crippen LogP contribution < -0.4 is 57.9 Å². The molecule has 15 atom stereocenters. The molecular formula is C75H94N12O20. The largest absolute Gasteiger partial charge is 0.497 e. The maximum absolute atomic E-state index is 15.1. The zero-order valence-corrected chi connectivity index (χ0v) is 60.6. The molecule has 5 aromatic rings. The predicted molar refractivity (Wildman–Crippen MR) is 387 cm³/mol. The maximum atomic E-state index is 15.1. The average molecular weight is 1480 g/mol. The molecule has 16 N–H and O–H groups in total. The van der Waals surface area contributed by atoms with Crippen molar-refractivity contribution in [2.45, 2.75) is 166 Å². The fourth-order valence-corrected chi connectivity index (χ4v) is 12.1. The van der Waals surface area contributed by atoms with Gasteiger partial charge in [-0.05, 0) is 111 Å². The molecule has 2 fully saturated rings. The number of carbonyl (C=O) groups is 13. The fourth-order valence-electron chi connectivity index (χ4n) is 12.1. The summed E-state index contributed by atoms with van der Waals surface area (Å²) < 4.78 is 11.1. The zero-order chi connectivity index (χ0) is 78.5. The highest BCUT2D eigenvalue weighted by molar-refractivity contribution is 6.01. The summed E-state index contributed by atoms with van der Waals surface area (Å²) >= 11 is 0. The molecule has 32 nitrogen and oxygen atoms in total. The number of ether oxygens (including phenoxy) is 2. The number of nitrogens with zero attached hydrogens (tertiary/aromatic N) is 1. The molecule has 5 unspecified atom stereocenters. The first-order valence-corrected chi connectivity index (χ1v) is 34.9. The number of esters is 1. The second-order valence-corrected chi connectivity index (χ2v) is 26.9. The molecule has 0 saturated carbocycles. The van der Waals surface area contributed by atoms with Crippen LogP contribution in [0.2, 0.25) is 0 Å². The highest BCUT2D eigenvalue weighted by Gasteiger charge is 2.45. The molecule has 0 radical (unpaired) electrons. The van der Waals surface area contributed by atoms with Gasteiger partial charge in [-0.2, -0.15) is 0 Å². The van der Waals surface area contributed by atoms with Crippen LogP contribution in [-0.4, -0.2) is 205 Å². The van der Waals surface area contributed by atoms with Crippen LogP contribution in [0, 0.1) is 17.8 Å². The van der Waals surface area contributed by atoms with E-state index in [0.717, 1.165) is 31.7 Å². The molecule has 32 heteroatoms. The number of benzene rings is 4. The van der Waals surface area contributed by atoms with Gasteiger partial charge in [0, 0.05) is 36.1 Å². The summed E-state index contributed by atoms with van der Waals surface area (Å²) in [5.41, 5.74) is 2.37. The molecular weight excluding hydrogens is 1390 g/mol. The second kappa shape index (κ2) is 38.6. The van der Waals surface area contributed by atoms with Gasteiger partial charge in [0.05, 0.1) is 25.7 Å². The minimum absolute atomic E-state index is 0.0253. The Bertz CT molecular complexity index is 4090. The number of hydrogen-bond donors (Lipinski definition) is 16. The predicted octanol–water partition coefficient (Wildman–Crippen LogP) is 0.102. The number of aliphatic carboxylic acids is 1. The molecule has 107 heavy (non-hydrogen) atoms. The Balaban J connectivity index is 1.30. The summed E-state index contributed by atoms with van der Waals surface area (Å²) in [6, 6.07) is 10.3. The first-order valence-electron chi connectivity index (χ1n) is 34.9. The Kier molecular flexibility index (Phi) is 29.9. The fraction of sp³-hybridized carbons (Fsp3) is 0.427. The molecule has 0 aliphatic carbocycles. The van der Waals surface area contributed by atoms with Gasteiger partial charge in [0.25, 0.3) is 5.91 Å². The van der Waals surface area contributed by atoms with Crippen LogP contribution >= 0.6 is 0 Å². The number of amides is 11. The number of carboxylic acids is 1. The zero-order valence-electron chi connectivity index (χ0n) is 60.6. The molecule has 11 amide bonds. The van der Waals surface area contributed by atoms with Crippen LogP contribution in [0.4, 0.5) is 0 Å². The Morgan fingerprint density at radius 2 is 1.23 bits per heavy atom. The van der Waals surface area contributed by atoms with Gasteiger partial charge in [0.15, 0.2) is 6.04 Å². The van der Waals surface area contributed by atoms with Crippen molar-refractivity contribution in [1.82, 2.24) is 63.1 Å². The third-order valence-electron chi connectivity index (χ3n) is 18.2. The molecule has 0 bridgehead atoms. The van der Waals surface area contributed by atoms with Crippen LogP contribution in [0.25, 0.3) is 23.1 Å². The standard InChI is InChI=1S/C75H94N12O20/c1-10-19-43-20-14-15-21-44(43)29-32-54(88)81-57-42(8)107-75(105)60(61(90)39(4)5)85-65(94)51(34-38(2)3)80-71(100)72(101)86-66(95)52(35-47-36-76-50-25-17-16-24-49(47)50)79-70(99)58(62(91)46-27-30-48(106-9)31-28-46)84-67(96)53-26-18-33-87(53)73(102)59(63(92)45-22-12-11-13-23-45)82-55(89)37-77-68(97)56(40(6)74(103)104)83-64(93)41(7)78-69(57)98/h10-17,19-25,27-32,36,38-42,51-53,56-63,72,76,90-92,101H,18,26,33-35,37H2,1-9H3,(H,77,97)(H,78,98)(H,79,99)(H,80,100)(H,81,88)(H,82,89)(H,83,93)(H,84,96)(H,85,94)(H,86,95)(H,103,104)/b19-10-,32-29+/t40?,41-,42+,51-,52-,53-,56-,57-,58+,59+,60-,61?,62?,63?,72?/m0/s1. The lowest BCUT2D eigenvalue weighted by molar-refractivity contribution is -0.160. The molecule has 0 spiro atoms. The van der Waals surface area contributed by atoms with Gasteiger partial charge in [0.2, 0.25) is 65.3 Å². The van der Waals surface area contributed by atoms with Crippen LogP contribution in [0.15, 0.2) is 121 Å². The van der Waals surface area contributed by atoms with Crippen molar-refractivity contribution in [1.29, 1.82) is 0 Å². The van der Waals surface area contributed by atoms with Crippen molar-refractivity contribution in [3.8, 4) is 5.75 Å². The summed E-state index contributed by atoms with van der Waals surface area (Å²) in [5, 5.41) is 81.9. The molecule has 574 valence electrons. The molecule has 2 aliphatic rings. The summed E-state index contributed by atoms with van der Waals surface area (Å²) in [5.74, 6) is -18.7. The van der Waals surface area contributed by atoms with Crippen molar-refractivity contribution in [3.63, 3.8) is 0 Å². The molecule has 4 aromatic carbocycles. The third-order valence-corrected chi connectivity index (χ3v) is 18.2. The Morgan fingerprint density at radius 3 is 1.88 bits per heavy atom. The summed E-state index contributed by atoms with van der Waals surface area (Å²) in [7, 11) is 1.38. The van der Waals surface area contributed by atoms with E-state index in [9.17, 15) is 78.3 Å². The number of aromatic amines is 1. The summed E-state index contributed by atoms with van der Waals surface area (Å²) in [6.07, 6.45) is -2.94. The van der Waals surface area contributed by atoms with Crippen LogP contribution in [-0.2, 0) is 73.5 Å². The first kappa shape index (κ1) is 82.9. The second-order valence-electron chi connectivity index (χ2n) is 26.9. The van der Waals surface area contributed by atoms with Gasteiger partial charge in [-0.1, -0.05) is 125 Å². The van der Waals surface area contributed by atoms with E-state index in [0.29, 0.717) is 33.3 Å². The van der Waals surface area contributed by atoms with Crippen molar-refractivity contribution in [2.75, 3.05) is 20.2 Å². The average Bonchev–Trinajstić information content (AvgIpc) is 1.63. The number of carboxylic acid groups (broad SMARTS) is 1. The number of H-pyrrole nitrogens is 1. The number of fused-ring (bicyclic) bond motifs is 2. The number of allylic oxidation sites excluding steroid dienone is 1.